The predicted octanol–water partition coefficient (Wildman–Crippen LogP) is 17.4. The number of benzene rings is 6. The summed E-state index contributed by atoms with van der Waals surface area (Å²) in [5, 5.41) is 4.72. The lowest BCUT2D eigenvalue weighted by molar-refractivity contribution is -0.0440. The molecule has 0 spiro atoms. The van der Waals surface area contributed by atoms with Gasteiger partial charge in [0, 0.05) is 59.6 Å². The van der Waals surface area contributed by atoms with Crippen molar-refractivity contribution in [3.8, 4) is 11.1 Å². The van der Waals surface area contributed by atoms with Crippen molar-refractivity contribution in [3.05, 3.63) is 197 Å². The van der Waals surface area contributed by atoms with Gasteiger partial charge in [-0.25, -0.2) is 0 Å². The molecular formula is C57H54N2O2S2. The Hall–Kier alpha value is -6.02. The number of hydrogen-bond donors (Lipinski definition) is 0. The molecule has 0 unspecified atom stereocenters. The van der Waals surface area contributed by atoms with Crippen molar-refractivity contribution < 1.29 is 9.47 Å². The molecule has 1 aliphatic rings. The lowest BCUT2D eigenvalue weighted by Gasteiger charge is -2.25. The van der Waals surface area contributed by atoms with Crippen LogP contribution in [0.25, 0.3) is 36.9 Å². The summed E-state index contributed by atoms with van der Waals surface area (Å²) < 4.78 is 14.5. The molecule has 1 saturated heterocycles. The van der Waals surface area contributed by atoms with Crippen molar-refractivity contribution >= 4 is 81.2 Å². The van der Waals surface area contributed by atoms with E-state index in [1.54, 1.807) is 0 Å². The number of hydrogen-bond acceptors (Lipinski definition) is 6. The molecule has 316 valence electrons. The zero-order valence-electron chi connectivity index (χ0n) is 37.2. The van der Waals surface area contributed by atoms with Crippen LogP contribution in [-0.2, 0) is 9.47 Å². The summed E-state index contributed by atoms with van der Waals surface area (Å²) in [6.45, 7) is 20.8. The maximum absolute atomic E-state index is 6.00. The van der Waals surface area contributed by atoms with Crippen molar-refractivity contribution in [1.29, 1.82) is 0 Å². The SMILES string of the molecule is C=C(C)/C=C(\C=C/C)c1c2cc(N(c3cccc(C)c3)c3cccc(C(C)C)c3)sc2c(-c2cccc(C)c2)c2cc(N(c3cccc(C)c3)c3cccc(C4OCCO4)c3)sc12. The Balaban J connectivity index is 1.39. The molecule has 4 nitrogen and oxygen atoms in total. The van der Waals surface area contributed by atoms with Gasteiger partial charge in [0.1, 0.15) is 10.0 Å². The molecule has 1 fully saturated rings. The van der Waals surface area contributed by atoms with Gasteiger partial charge in [-0.3, -0.25) is 0 Å². The Morgan fingerprint density at radius 2 is 1.19 bits per heavy atom. The fraction of sp³-hybridized carbons (Fsp3) is 0.193. The van der Waals surface area contributed by atoms with Gasteiger partial charge < -0.3 is 19.3 Å². The molecule has 6 aromatic carbocycles. The highest BCUT2D eigenvalue weighted by Gasteiger charge is 2.28. The van der Waals surface area contributed by atoms with E-state index in [2.05, 4.69) is 217 Å². The Morgan fingerprint density at radius 3 is 1.78 bits per heavy atom. The summed E-state index contributed by atoms with van der Waals surface area (Å²) in [6, 6.07) is 49.2. The maximum Gasteiger partial charge on any atom is 0.184 e. The molecule has 2 aromatic heterocycles. The molecule has 0 N–H and O–H groups in total. The first-order chi connectivity index (χ1) is 30.6. The molecule has 63 heavy (non-hydrogen) atoms. The number of anilines is 6. The number of rotatable bonds is 12. The average Bonchev–Trinajstić information content (AvgIpc) is 4.05. The van der Waals surface area contributed by atoms with Gasteiger partial charge in [0.25, 0.3) is 0 Å². The van der Waals surface area contributed by atoms with Gasteiger partial charge in [0.2, 0.25) is 0 Å². The average molecular weight is 863 g/mol. The summed E-state index contributed by atoms with van der Waals surface area (Å²) in [5.41, 5.74) is 16.2. The molecule has 0 atom stereocenters. The standard InChI is InChI=1S/C57H54N2O2S2/c1-9-15-42(28-36(2)3)53-49-34-51(58(45-22-11-17-39(7)30-45)47-24-13-19-41(32-47)37(4)5)63-56(49)54(43-20-10-16-38(6)29-43)50-35-52(62-55(50)53)59(46-23-12-18-40(8)31-46)48-25-14-21-44(33-48)57-60-26-27-61-57/h9-25,28-35,37,57H,2,26-27H2,1,3-8H3/b15-9-,42-28+. The summed E-state index contributed by atoms with van der Waals surface area (Å²) in [6.07, 6.45) is 6.26. The minimum absolute atomic E-state index is 0.380. The van der Waals surface area contributed by atoms with Crippen LogP contribution in [0.5, 0.6) is 0 Å². The molecule has 0 amide bonds. The molecule has 3 heterocycles. The van der Waals surface area contributed by atoms with Crippen LogP contribution in [0.1, 0.15) is 73.3 Å². The molecule has 9 rings (SSSR count). The van der Waals surface area contributed by atoms with Crippen LogP contribution in [0.15, 0.2) is 164 Å². The van der Waals surface area contributed by atoms with Crippen molar-refractivity contribution in [2.75, 3.05) is 23.0 Å². The Labute approximate surface area is 380 Å². The van der Waals surface area contributed by atoms with E-state index in [0.717, 1.165) is 49.5 Å². The van der Waals surface area contributed by atoms with Crippen LogP contribution >= 0.6 is 22.7 Å². The van der Waals surface area contributed by atoms with Gasteiger partial charge in [0.15, 0.2) is 6.29 Å². The highest BCUT2D eigenvalue weighted by atomic mass is 32.1. The number of nitrogens with zero attached hydrogens (tertiary/aromatic N) is 2. The quantitative estimate of drug-likeness (QED) is 0.114. The third-order valence-corrected chi connectivity index (χ3v) is 13.8. The second kappa shape index (κ2) is 18.0. The van der Waals surface area contributed by atoms with Gasteiger partial charge in [-0.05, 0) is 129 Å². The van der Waals surface area contributed by atoms with E-state index in [1.807, 2.05) is 22.7 Å². The van der Waals surface area contributed by atoms with Gasteiger partial charge in [-0.1, -0.05) is 123 Å². The minimum Gasteiger partial charge on any atom is -0.346 e. The van der Waals surface area contributed by atoms with Crippen molar-refractivity contribution in [2.45, 2.75) is 60.7 Å². The Morgan fingerprint density at radius 1 is 0.651 bits per heavy atom. The molecule has 6 heteroatoms. The summed E-state index contributed by atoms with van der Waals surface area (Å²) in [5.74, 6) is 0.397. The van der Waals surface area contributed by atoms with E-state index in [1.165, 1.54) is 59.1 Å². The van der Waals surface area contributed by atoms with Crippen molar-refractivity contribution in [1.82, 2.24) is 0 Å². The highest BCUT2D eigenvalue weighted by Crippen LogP contribution is 2.54. The predicted molar refractivity (Wildman–Crippen MR) is 273 cm³/mol. The summed E-state index contributed by atoms with van der Waals surface area (Å²) in [4.78, 5) is 4.85. The summed E-state index contributed by atoms with van der Waals surface area (Å²) in [7, 11) is 0. The first-order valence-corrected chi connectivity index (χ1v) is 23.5. The van der Waals surface area contributed by atoms with Crippen molar-refractivity contribution in [2.24, 2.45) is 0 Å². The number of ether oxygens (including phenoxy) is 2. The molecule has 0 saturated carbocycles. The number of allylic oxidation sites excluding steroid dienone is 5. The second-order valence-electron chi connectivity index (χ2n) is 17.0. The number of thiophene rings is 2. The van der Waals surface area contributed by atoms with E-state index in [9.17, 15) is 0 Å². The van der Waals surface area contributed by atoms with Gasteiger partial charge in [-0.15, -0.1) is 22.7 Å². The van der Waals surface area contributed by atoms with E-state index < -0.39 is 0 Å². The Kier molecular flexibility index (Phi) is 12.1. The lowest BCUT2D eigenvalue weighted by Crippen LogP contribution is -2.09. The van der Waals surface area contributed by atoms with E-state index in [4.69, 9.17) is 9.47 Å². The zero-order valence-corrected chi connectivity index (χ0v) is 38.9. The van der Waals surface area contributed by atoms with Crippen LogP contribution < -0.4 is 9.80 Å². The lowest BCUT2D eigenvalue weighted by atomic mass is 9.92. The smallest absolute Gasteiger partial charge is 0.184 e. The third-order valence-electron chi connectivity index (χ3n) is 11.6. The second-order valence-corrected chi connectivity index (χ2v) is 19.0. The largest absolute Gasteiger partial charge is 0.346 e. The Bertz CT molecular complexity index is 3050. The normalized spacial score (nSPS) is 13.6. The van der Waals surface area contributed by atoms with Crippen LogP contribution in [0, 0.1) is 20.8 Å². The molecule has 1 aliphatic heterocycles. The van der Waals surface area contributed by atoms with Crippen LogP contribution in [0.2, 0.25) is 0 Å². The third kappa shape index (κ3) is 8.57. The van der Waals surface area contributed by atoms with Crippen LogP contribution in [0.4, 0.5) is 32.8 Å². The fourth-order valence-electron chi connectivity index (χ4n) is 8.71. The number of aryl methyl sites for hydroxylation is 3. The molecule has 0 radical (unpaired) electrons. The fourth-order valence-corrected chi connectivity index (χ4v) is 11.3. The van der Waals surface area contributed by atoms with Gasteiger partial charge in [0.05, 0.1) is 13.2 Å². The molecule has 0 bridgehead atoms. The first-order valence-electron chi connectivity index (χ1n) is 21.8. The van der Waals surface area contributed by atoms with Gasteiger partial charge in [-0.2, -0.15) is 0 Å². The summed E-state index contributed by atoms with van der Waals surface area (Å²) >= 11 is 3.71. The monoisotopic (exact) mass is 862 g/mol. The van der Waals surface area contributed by atoms with Crippen LogP contribution in [0.3, 0.4) is 0 Å². The molecular weight excluding hydrogens is 809 g/mol. The molecule has 8 aromatic rings. The number of fused-ring (bicyclic) bond motifs is 2. The van der Waals surface area contributed by atoms with E-state index in [0.29, 0.717) is 19.1 Å². The van der Waals surface area contributed by atoms with Crippen LogP contribution in [-0.4, -0.2) is 13.2 Å². The minimum atomic E-state index is -0.380. The highest BCUT2D eigenvalue weighted by molar-refractivity contribution is 7.25. The topological polar surface area (TPSA) is 24.9 Å². The van der Waals surface area contributed by atoms with E-state index in [-0.39, 0.29) is 6.29 Å². The van der Waals surface area contributed by atoms with Gasteiger partial charge >= 0.3 is 0 Å². The first kappa shape index (κ1) is 42.3. The maximum atomic E-state index is 6.00. The zero-order chi connectivity index (χ0) is 43.8. The van der Waals surface area contributed by atoms with Crippen molar-refractivity contribution in [3.63, 3.8) is 0 Å². The van der Waals surface area contributed by atoms with E-state index >= 15 is 0 Å². The molecule has 0 aliphatic carbocycles.